The molecule has 0 atom stereocenters. The molecule has 0 fully saturated rings. The first kappa shape index (κ1) is 12.3. The van der Waals surface area contributed by atoms with Crippen molar-refractivity contribution in [3.63, 3.8) is 0 Å². The Morgan fingerprint density at radius 1 is 1.28 bits per heavy atom. The van der Waals surface area contributed by atoms with E-state index in [2.05, 4.69) is 20.5 Å². The first-order valence-corrected chi connectivity index (χ1v) is 6.34. The molecular weight excluding hydrogens is 250 g/mol. The zero-order valence-corrected chi connectivity index (χ0v) is 10.4. The van der Waals surface area contributed by atoms with Crippen LogP contribution in [0.5, 0.6) is 0 Å². The van der Waals surface area contributed by atoms with Crippen LogP contribution in [0.1, 0.15) is 10.5 Å². The number of nitrogen functional groups attached to an aromatic ring is 1. The summed E-state index contributed by atoms with van der Waals surface area (Å²) in [6, 6.07) is 9.04. The third-order valence-electron chi connectivity index (χ3n) is 2.12. The summed E-state index contributed by atoms with van der Waals surface area (Å²) in [5, 5.41) is 10.7. The number of amides is 1. The number of carbonyl (C=O) groups excluding carboxylic acids is 1. The highest BCUT2D eigenvalue weighted by atomic mass is 32.2. The van der Waals surface area contributed by atoms with Crippen LogP contribution in [0.25, 0.3) is 0 Å². The molecule has 2 aromatic rings. The molecule has 2 rings (SSSR count). The third-order valence-corrected chi connectivity index (χ3v) is 2.66. The maximum absolute atomic E-state index is 11.9. The highest BCUT2D eigenvalue weighted by Gasteiger charge is 2.14. The van der Waals surface area contributed by atoms with Gasteiger partial charge in [-0.15, -0.1) is 10.2 Å². The van der Waals surface area contributed by atoms with Crippen molar-refractivity contribution in [2.75, 3.05) is 17.3 Å². The molecule has 0 bridgehead atoms. The third kappa shape index (κ3) is 2.75. The number of nitrogens with zero attached hydrogens (tertiary/aromatic N) is 3. The maximum atomic E-state index is 11.9. The largest absolute Gasteiger partial charge is 0.382 e. The number of nitrogens with one attached hydrogen (secondary N) is 1. The second-order valence-corrected chi connectivity index (χ2v) is 4.13. The molecule has 1 aromatic carbocycles. The van der Waals surface area contributed by atoms with Gasteiger partial charge in [-0.05, 0) is 18.4 Å². The molecule has 18 heavy (non-hydrogen) atoms. The van der Waals surface area contributed by atoms with E-state index in [0.29, 0.717) is 10.8 Å². The molecule has 6 nitrogen and oxygen atoms in total. The zero-order chi connectivity index (χ0) is 13.0. The van der Waals surface area contributed by atoms with Gasteiger partial charge in [-0.25, -0.2) is 4.98 Å². The molecule has 92 valence electrons. The van der Waals surface area contributed by atoms with E-state index in [1.165, 1.54) is 11.8 Å². The Morgan fingerprint density at radius 2 is 2.00 bits per heavy atom. The minimum atomic E-state index is -0.425. The van der Waals surface area contributed by atoms with Crippen molar-refractivity contribution in [3.05, 3.63) is 36.0 Å². The van der Waals surface area contributed by atoms with Crippen LogP contribution in [-0.2, 0) is 0 Å². The van der Waals surface area contributed by atoms with Crippen LogP contribution in [0, 0.1) is 0 Å². The molecule has 1 amide bonds. The Balaban J connectivity index is 2.19. The van der Waals surface area contributed by atoms with Crippen LogP contribution >= 0.6 is 11.8 Å². The van der Waals surface area contributed by atoms with E-state index < -0.39 is 5.91 Å². The van der Waals surface area contributed by atoms with Gasteiger partial charge in [-0.2, -0.15) is 0 Å². The highest BCUT2D eigenvalue weighted by Crippen LogP contribution is 2.13. The van der Waals surface area contributed by atoms with Gasteiger partial charge >= 0.3 is 0 Å². The fraction of sp³-hybridized carbons (Fsp3) is 0.0909. The number of hydrogen-bond donors (Lipinski definition) is 2. The summed E-state index contributed by atoms with van der Waals surface area (Å²) >= 11 is 1.31. The number of para-hydroxylation sites is 1. The maximum Gasteiger partial charge on any atom is 0.280 e. The van der Waals surface area contributed by atoms with Gasteiger partial charge in [-0.3, -0.25) is 4.79 Å². The minimum absolute atomic E-state index is 0.0247. The lowest BCUT2D eigenvalue weighted by molar-refractivity contribution is 0.102. The van der Waals surface area contributed by atoms with Crippen LogP contribution in [0.15, 0.2) is 35.5 Å². The summed E-state index contributed by atoms with van der Waals surface area (Å²) in [4.78, 5) is 15.9. The predicted molar refractivity (Wildman–Crippen MR) is 70.4 cm³/mol. The van der Waals surface area contributed by atoms with Crippen molar-refractivity contribution in [2.24, 2.45) is 0 Å². The number of rotatable bonds is 3. The van der Waals surface area contributed by atoms with Gasteiger partial charge in [0.05, 0.1) is 0 Å². The Labute approximate surface area is 108 Å². The zero-order valence-electron chi connectivity index (χ0n) is 9.62. The van der Waals surface area contributed by atoms with E-state index in [9.17, 15) is 4.79 Å². The molecule has 0 aliphatic carbocycles. The average Bonchev–Trinajstić information content (AvgIpc) is 2.39. The fourth-order valence-electron chi connectivity index (χ4n) is 1.28. The first-order chi connectivity index (χ1) is 8.70. The lowest BCUT2D eigenvalue weighted by Gasteiger charge is -2.05. The minimum Gasteiger partial charge on any atom is -0.382 e. The lowest BCUT2D eigenvalue weighted by atomic mass is 10.3. The van der Waals surface area contributed by atoms with Gasteiger partial charge in [0.25, 0.3) is 5.91 Å². The number of thioether (sulfide) groups is 1. The van der Waals surface area contributed by atoms with Crippen molar-refractivity contribution in [1.82, 2.24) is 15.2 Å². The number of carbonyl (C=O) groups is 1. The van der Waals surface area contributed by atoms with E-state index in [1.54, 1.807) is 18.4 Å². The van der Waals surface area contributed by atoms with Crippen LogP contribution in [0.4, 0.5) is 11.5 Å². The summed E-state index contributed by atoms with van der Waals surface area (Å²) in [5.74, 6) is -0.353. The molecule has 3 N–H and O–H groups in total. The van der Waals surface area contributed by atoms with Gasteiger partial charge in [0.1, 0.15) is 0 Å². The highest BCUT2D eigenvalue weighted by molar-refractivity contribution is 7.98. The van der Waals surface area contributed by atoms with E-state index in [-0.39, 0.29) is 11.5 Å². The van der Waals surface area contributed by atoms with Crippen LogP contribution in [0.3, 0.4) is 0 Å². The van der Waals surface area contributed by atoms with Gasteiger partial charge in [0, 0.05) is 5.69 Å². The van der Waals surface area contributed by atoms with Crippen molar-refractivity contribution in [2.45, 2.75) is 5.16 Å². The summed E-state index contributed by atoms with van der Waals surface area (Å²) in [6.45, 7) is 0. The number of nitrogens with two attached hydrogens (primary N) is 1. The van der Waals surface area contributed by atoms with Crippen LogP contribution in [-0.4, -0.2) is 27.3 Å². The molecular formula is C11H11N5OS. The second-order valence-electron chi connectivity index (χ2n) is 3.35. The molecule has 0 aliphatic rings. The number of aromatic nitrogens is 3. The number of anilines is 2. The normalized spacial score (nSPS) is 10.1. The predicted octanol–water partition coefficient (Wildman–Crippen LogP) is 1.43. The molecule has 0 unspecified atom stereocenters. The average molecular weight is 261 g/mol. The molecule has 1 heterocycles. The number of hydrogen-bond acceptors (Lipinski definition) is 6. The van der Waals surface area contributed by atoms with E-state index in [0.717, 1.165) is 0 Å². The second kappa shape index (κ2) is 5.46. The molecule has 0 saturated carbocycles. The Morgan fingerprint density at radius 3 is 2.61 bits per heavy atom. The van der Waals surface area contributed by atoms with Crippen molar-refractivity contribution in [3.8, 4) is 0 Å². The SMILES string of the molecule is CSc1nnc(C(=O)Nc2ccccc2)c(N)n1. The Hall–Kier alpha value is -2.15. The molecule has 0 radical (unpaired) electrons. The summed E-state index contributed by atoms with van der Waals surface area (Å²) < 4.78 is 0. The lowest BCUT2D eigenvalue weighted by Crippen LogP contribution is -2.18. The smallest absolute Gasteiger partial charge is 0.280 e. The van der Waals surface area contributed by atoms with Crippen molar-refractivity contribution >= 4 is 29.2 Å². The van der Waals surface area contributed by atoms with E-state index in [4.69, 9.17) is 5.73 Å². The molecule has 7 heteroatoms. The van der Waals surface area contributed by atoms with Gasteiger partial charge in [-0.1, -0.05) is 30.0 Å². The topological polar surface area (TPSA) is 93.8 Å². The quantitative estimate of drug-likeness (QED) is 0.812. The van der Waals surface area contributed by atoms with Gasteiger partial charge in [0.15, 0.2) is 11.5 Å². The summed E-state index contributed by atoms with van der Waals surface area (Å²) in [6.07, 6.45) is 1.81. The van der Waals surface area contributed by atoms with E-state index in [1.807, 2.05) is 18.2 Å². The van der Waals surface area contributed by atoms with E-state index >= 15 is 0 Å². The summed E-state index contributed by atoms with van der Waals surface area (Å²) in [5.41, 5.74) is 6.35. The molecule has 0 saturated heterocycles. The van der Waals surface area contributed by atoms with Crippen LogP contribution in [0.2, 0.25) is 0 Å². The standard InChI is InChI=1S/C11H11N5OS/c1-18-11-14-9(12)8(15-16-11)10(17)13-7-5-3-2-4-6-7/h2-6H,1H3,(H,13,17)(H2,12,14,16). The Kier molecular flexibility index (Phi) is 3.73. The monoisotopic (exact) mass is 261 g/mol. The molecule has 1 aromatic heterocycles. The number of benzene rings is 1. The fourth-order valence-corrected chi connectivity index (χ4v) is 1.59. The first-order valence-electron chi connectivity index (χ1n) is 5.11. The Bertz CT molecular complexity index is 561. The van der Waals surface area contributed by atoms with Gasteiger partial charge < -0.3 is 11.1 Å². The van der Waals surface area contributed by atoms with Crippen molar-refractivity contribution in [1.29, 1.82) is 0 Å². The van der Waals surface area contributed by atoms with Gasteiger partial charge in [0.2, 0.25) is 5.16 Å². The van der Waals surface area contributed by atoms with Crippen LogP contribution < -0.4 is 11.1 Å². The van der Waals surface area contributed by atoms with Crippen molar-refractivity contribution < 1.29 is 4.79 Å². The molecule has 0 spiro atoms. The molecule has 0 aliphatic heterocycles. The summed E-state index contributed by atoms with van der Waals surface area (Å²) in [7, 11) is 0.